The van der Waals surface area contributed by atoms with E-state index in [1.54, 1.807) is 0 Å². The molecule has 1 saturated heterocycles. The van der Waals surface area contributed by atoms with Crippen molar-refractivity contribution in [3.63, 3.8) is 0 Å². The van der Waals surface area contributed by atoms with Crippen LogP contribution in [0, 0.1) is 0 Å². The molecular formula is C14H19ClF4N2O2. The number of phenolic OH excluding ortho intramolecular Hbond substituents is 1. The van der Waals surface area contributed by atoms with Gasteiger partial charge in [0.15, 0.2) is 0 Å². The average molecular weight is 359 g/mol. The summed E-state index contributed by atoms with van der Waals surface area (Å²) in [5.41, 5.74) is 0.251. The first-order valence-corrected chi connectivity index (χ1v) is 7.00. The standard InChI is InChI=1S/C14H18F4N2O2.ClH/c15-4-3-12(20-7-5-19-6-8-20)11-9-10(1-2-13(11)21)22-14(16,17)18;/h1-2,9,12,19,21H,3-8H2;1H/t12-;/m0./s1. The molecule has 1 aliphatic rings. The number of nitrogens with zero attached hydrogens (tertiary/aromatic N) is 1. The van der Waals surface area contributed by atoms with Gasteiger partial charge in [0.05, 0.1) is 6.67 Å². The second-order valence-corrected chi connectivity index (χ2v) is 5.05. The lowest BCUT2D eigenvalue weighted by Gasteiger charge is -2.35. The first-order valence-electron chi connectivity index (χ1n) is 7.00. The Kier molecular flexibility index (Phi) is 7.37. The number of rotatable bonds is 5. The van der Waals surface area contributed by atoms with E-state index in [4.69, 9.17) is 0 Å². The van der Waals surface area contributed by atoms with Gasteiger partial charge in [-0.15, -0.1) is 25.6 Å². The smallest absolute Gasteiger partial charge is 0.508 e. The minimum atomic E-state index is -4.81. The molecule has 1 aliphatic heterocycles. The van der Waals surface area contributed by atoms with Crippen LogP contribution >= 0.6 is 12.4 Å². The van der Waals surface area contributed by atoms with Gasteiger partial charge >= 0.3 is 6.36 Å². The Labute approximate surface area is 137 Å². The maximum atomic E-state index is 12.9. The number of piperazine rings is 1. The summed E-state index contributed by atoms with van der Waals surface area (Å²) in [6, 6.07) is 2.83. The lowest BCUT2D eigenvalue weighted by Crippen LogP contribution is -2.45. The van der Waals surface area contributed by atoms with Crippen molar-refractivity contribution >= 4 is 12.4 Å². The van der Waals surface area contributed by atoms with Gasteiger partial charge in [0.25, 0.3) is 0 Å². The van der Waals surface area contributed by atoms with E-state index >= 15 is 0 Å². The van der Waals surface area contributed by atoms with Crippen LogP contribution < -0.4 is 10.1 Å². The Morgan fingerprint density at radius 2 is 1.91 bits per heavy atom. The van der Waals surface area contributed by atoms with Crippen LogP contribution in [0.25, 0.3) is 0 Å². The maximum Gasteiger partial charge on any atom is 0.573 e. The fourth-order valence-corrected chi connectivity index (χ4v) is 2.63. The molecule has 1 aromatic carbocycles. The molecule has 1 fully saturated rings. The first kappa shape index (κ1) is 19.8. The normalized spacial score (nSPS) is 17.4. The van der Waals surface area contributed by atoms with Crippen molar-refractivity contribution < 1.29 is 27.4 Å². The fraction of sp³-hybridized carbons (Fsp3) is 0.571. The second kappa shape index (κ2) is 8.56. The predicted molar refractivity (Wildman–Crippen MR) is 79.8 cm³/mol. The van der Waals surface area contributed by atoms with Crippen LogP contribution in [0.1, 0.15) is 18.0 Å². The number of hydrogen-bond acceptors (Lipinski definition) is 4. The Hall–Kier alpha value is -1.25. The molecular weight excluding hydrogens is 340 g/mol. The molecule has 0 bridgehead atoms. The number of alkyl halides is 4. The molecule has 0 saturated carbocycles. The third-order valence-corrected chi connectivity index (χ3v) is 3.57. The van der Waals surface area contributed by atoms with Crippen molar-refractivity contribution in [3.05, 3.63) is 23.8 Å². The van der Waals surface area contributed by atoms with E-state index in [1.165, 1.54) is 0 Å². The van der Waals surface area contributed by atoms with Gasteiger partial charge in [0, 0.05) is 37.8 Å². The summed E-state index contributed by atoms with van der Waals surface area (Å²) >= 11 is 0. The third kappa shape index (κ3) is 5.71. The van der Waals surface area contributed by atoms with Gasteiger partial charge in [-0.05, 0) is 24.6 Å². The summed E-state index contributed by atoms with van der Waals surface area (Å²) in [4.78, 5) is 1.95. The van der Waals surface area contributed by atoms with Crippen LogP contribution in [0.5, 0.6) is 11.5 Å². The SMILES string of the molecule is Cl.Oc1ccc(OC(F)(F)F)cc1[C@H](CCF)N1CCNCC1. The number of ether oxygens (including phenoxy) is 1. The van der Waals surface area contributed by atoms with Gasteiger partial charge in [-0.2, -0.15) is 0 Å². The summed E-state index contributed by atoms with van der Waals surface area (Å²) in [5, 5.41) is 13.1. The van der Waals surface area contributed by atoms with Gasteiger partial charge in [-0.1, -0.05) is 0 Å². The monoisotopic (exact) mass is 358 g/mol. The predicted octanol–water partition coefficient (Wildman–Crippen LogP) is 3.02. The van der Waals surface area contributed by atoms with Crippen molar-refractivity contribution in [1.82, 2.24) is 10.2 Å². The number of phenols is 1. The zero-order valence-corrected chi connectivity index (χ0v) is 13.1. The maximum absolute atomic E-state index is 12.9. The Balaban J connectivity index is 0.00000264. The molecule has 1 heterocycles. The number of nitrogens with one attached hydrogen (secondary N) is 1. The van der Waals surface area contributed by atoms with Crippen LogP contribution in [-0.2, 0) is 0 Å². The minimum absolute atomic E-state index is 0. The van der Waals surface area contributed by atoms with Crippen LogP contribution in [0.4, 0.5) is 17.6 Å². The summed E-state index contributed by atoms with van der Waals surface area (Å²) in [6.07, 6.45) is -4.71. The molecule has 1 aromatic rings. The van der Waals surface area contributed by atoms with E-state index in [-0.39, 0.29) is 30.1 Å². The molecule has 0 aliphatic carbocycles. The number of aromatic hydroxyl groups is 1. The lowest BCUT2D eigenvalue weighted by molar-refractivity contribution is -0.274. The quantitative estimate of drug-likeness (QED) is 0.794. The van der Waals surface area contributed by atoms with E-state index in [1.807, 2.05) is 4.90 Å². The largest absolute Gasteiger partial charge is 0.573 e. The van der Waals surface area contributed by atoms with Crippen LogP contribution in [0.15, 0.2) is 18.2 Å². The highest BCUT2D eigenvalue weighted by molar-refractivity contribution is 5.85. The number of halogens is 5. The van der Waals surface area contributed by atoms with Crippen molar-refractivity contribution in [1.29, 1.82) is 0 Å². The van der Waals surface area contributed by atoms with Gasteiger partial charge in [0.1, 0.15) is 11.5 Å². The van der Waals surface area contributed by atoms with Crippen molar-refractivity contribution in [3.8, 4) is 11.5 Å². The Morgan fingerprint density at radius 3 is 2.48 bits per heavy atom. The van der Waals surface area contributed by atoms with Crippen molar-refractivity contribution in [2.75, 3.05) is 32.9 Å². The van der Waals surface area contributed by atoms with Crippen LogP contribution in [0.3, 0.4) is 0 Å². The Bertz CT molecular complexity index is 496. The molecule has 0 radical (unpaired) electrons. The Morgan fingerprint density at radius 1 is 1.26 bits per heavy atom. The molecule has 0 aromatic heterocycles. The van der Waals surface area contributed by atoms with Gasteiger partial charge in [-0.25, -0.2) is 0 Å². The van der Waals surface area contributed by atoms with E-state index < -0.39 is 24.8 Å². The lowest BCUT2D eigenvalue weighted by atomic mass is 10.00. The molecule has 23 heavy (non-hydrogen) atoms. The molecule has 132 valence electrons. The number of hydrogen-bond donors (Lipinski definition) is 2. The van der Waals surface area contributed by atoms with E-state index in [0.29, 0.717) is 26.2 Å². The minimum Gasteiger partial charge on any atom is -0.508 e. The van der Waals surface area contributed by atoms with E-state index in [0.717, 1.165) is 18.2 Å². The average Bonchev–Trinajstić information content (AvgIpc) is 2.46. The second-order valence-electron chi connectivity index (χ2n) is 5.05. The van der Waals surface area contributed by atoms with Gasteiger partial charge < -0.3 is 15.2 Å². The third-order valence-electron chi connectivity index (χ3n) is 3.57. The summed E-state index contributed by atoms with van der Waals surface area (Å²) in [6.45, 7) is 2.06. The molecule has 4 nitrogen and oxygen atoms in total. The molecule has 0 amide bonds. The van der Waals surface area contributed by atoms with E-state index in [2.05, 4.69) is 10.1 Å². The molecule has 1 atom stereocenters. The summed E-state index contributed by atoms with van der Waals surface area (Å²) < 4.78 is 53.7. The molecule has 0 unspecified atom stereocenters. The zero-order chi connectivity index (χ0) is 16.2. The summed E-state index contributed by atoms with van der Waals surface area (Å²) in [7, 11) is 0. The molecule has 0 spiro atoms. The highest BCUT2D eigenvalue weighted by Crippen LogP contribution is 2.35. The summed E-state index contributed by atoms with van der Waals surface area (Å²) in [5.74, 6) is -0.578. The highest BCUT2D eigenvalue weighted by Gasteiger charge is 2.32. The van der Waals surface area contributed by atoms with Gasteiger partial charge in [-0.3, -0.25) is 9.29 Å². The van der Waals surface area contributed by atoms with Crippen LogP contribution in [0.2, 0.25) is 0 Å². The van der Waals surface area contributed by atoms with Crippen LogP contribution in [-0.4, -0.2) is 49.2 Å². The van der Waals surface area contributed by atoms with Crippen molar-refractivity contribution in [2.24, 2.45) is 0 Å². The fourth-order valence-electron chi connectivity index (χ4n) is 2.63. The van der Waals surface area contributed by atoms with Crippen molar-refractivity contribution in [2.45, 2.75) is 18.8 Å². The molecule has 2 N–H and O–H groups in total. The highest BCUT2D eigenvalue weighted by atomic mass is 35.5. The topological polar surface area (TPSA) is 44.7 Å². The van der Waals surface area contributed by atoms with Gasteiger partial charge in [0.2, 0.25) is 0 Å². The molecule has 2 rings (SSSR count). The zero-order valence-electron chi connectivity index (χ0n) is 12.3. The molecule has 9 heteroatoms. The number of benzene rings is 1. The first-order chi connectivity index (χ1) is 10.4. The van der Waals surface area contributed by atoms with E-state index in [9.17, 15) is 22.7 Å².